The summed E-state index contributed by atoms with van der Waals surface area (Å²) in [5, 5.41) is 10.1. The number of aryl methyl sites for hydroxylation is 1. The van der Waals surface area contributed by atoms with Gasteiger partial charge in [-0.3, -0.25) is 0 Å². The Kier molecular flexibility index (Phi) is 4.00. The Morgan fingerprint density at radius 2 is 1.75 bits per heavy atom. The van der Waals surface area contributed by atoms with Crippen LogP contribution in [0.25, 0.3) is 22.2 Å². The van der Waals surface area contributed by atoms with Gasteiger partial charge in [0.05, 0.1) is 29.4 Å². The highest BCUT2D eigenvalue weighted by Gasteiger charge is 2.14. The van der Waals surface area contributed by atoms with Crippen molar-refractivity contribution in [2.24, 2.45) is 0 Å². The van der Waals surface area contributed by atoms with Crippen molar-refractivity contribution in [3.8, 4) is 11.3 Å². The SMILES string of the molecule is COC(=O)c1ccc(-c2cc(C(=O)O)c3cc(C)ccc3n2)cc1. The molecule has 0 saturated heterocycles. The number of methoxy groups -OCH3 is 1. The number of carbonyl (C=O) groups excluding carboxylic acids is 1. The van der Waals surface area contributed by atoms with E-state index in [2.05, 4.69) is 9.72 Å². The molecule has 0 radical (unpaired) electrons. The lowest BCUT2D eigenvalue weighted by molar-refractivity contribution is 0.0600. The van der Waals surface area contributed by atoms with Crippen LogP contribution < -0.4 is 0 Å². The molecule has 2 aromatic carbocycles. The number of carboxylic acid groups (broad SMARTS) is 1. The molecule has 1 heterocycles. The van der Waals surface area contributed by atoms with Gasteiger partial charge >= 0.3 is 11.9 Å². The lowest BCUT2D eigenvalue weighted by atomic mass is 10.0. The third kappa shape index (κ3) is 2.84. The van der Waals surface area contributed by atoms with Gasteiger partial charge in [-0.05, 0) is 37.3 Å². The monoisotopic (exact) mass is 321 g/mol. The maximum absolute atomic E-state index is 11.6. The van der Waals surface area contributed by atoms with Gasteiger partial charge in [0.1, 0.15) is 0 Å². The van der Waals surface area contributed by atoms with E-state index >= 15 is 0 Å². The highest BCUT2D eigenvalue weighted by molar-refractivity contribution is 6.04. The molecule has 0 unspecified atom stereocenters. The Bertz CT molecular complexity index is 945. The maximum atomic E-state index is 11.6. The smallest absolute Gasteiger partial charge is 0.337 e. The molecule has 5 nitrogen and oxygen atoms in total. The highest BCUT2D eigenvalue weighted by Crippen LogP contribution is 2.26. The third-order valence-corrected chi connectivity index (χ3v) is 3.80. The number of carbonyl (C=O) groups is 2. The zero-order valence-corrected chi connectivity index (χ0v) is 13.2. The van der Waals surface area contributed by atoms with Crippen molar-refractivity contribution >= 4 is 22.8 Å². The lowest BCUT2D eigenvalue weighted by Gasteiger charge is -2.08. The lowest BCUT2D eigenvalue weighted by Crippen LogP contribution is -2.02. The van der Waals surface area contributed by atoms with Crippen LogP contribution in [-0.4, -0.2) is 29.1 Å². The zero-order valence-electron chi connectivity index (χ0n) is 13.2. The summed E-state index contributed by atoms with van der Waals surface area (Å²) in [4.78, 5) is 27.6. The van der Waals surface area contributed by atoms with Crippen molar-refractivity contribution in [3.63, 3.8) is 0 Å². The third-order valence-electron chi connectivity index (χ3n) is 3.80. The molecule has 0 aliphatic rings. The molecule has 24 heavy (non-hydrogen) atoms. The molecule has 0 fully saturated rings. The van der Waals surface area contributed by atoms with Crippen molar-refractivity contribution < 1.29 is 19.4 Å². The number of aromatic carboxylic acids is 1. The van der Waals surface area contributed by atoms with Gasteiger partial charge in [0.15, 0.2) is 0 Å². The van der Waals surface area contributed by atoms with Crippen molar-refractivity contribution in [2.75, 3.05) is 7.11 Å². The summed E-state index contributed by atoms with van der Waals surface area (Å²) < 4.78 is 4.67. The average molecular weight is 321 g/mol. The minimum absolute atomic E-state index is 0.204. The predicted octanol–water partition coefficient (Wildman–Crippen LogP) is 3.70. The topological polar surface area (TPSA) is 76.5 Å². The van der Waals surface area contributed by atoms with E-state index in [1.54, 1.807) is 30.3 Å². The second kappa shape index (κ2) is 6.12. The number of aromatic nitrogens is 1. The van der Waals surface area contributed by atoms with Crippen LogP contribution in [0.2, 0.25) is 0 Å². The number of nitrogens with zero attached hydrogens (tertiary/aromatic N) is 1. The summed E-state index contributed by atoms with van der Waals surface area (Å²) in [6.45, 7) is 1.91. The van der Waals surface area contributed by atoms with Gasteiger partial charge in [-0.2, -0.15) is 0 Å². The average Bonchev–Trinajstić information content (AvgIpc) is 2.60. The maximum Gasteiger partial charge on any atom is 0.337 e. The number of pyridine rings is 1. The van der Waals surface area contributed by atoms with Crippen molar-refractivity contribution in [1.29, 1.82) is 0 Å². The standard InChI is InChI=1S/C19H15NO4/c1-11-3-8-16-14(9-11)15(18(21)22)10-17(20-16)12-4-6-13(7-5-12)19(23)24-2/h3-10H,1-2H3,(H,21,22). The van der Waals surface area contributed by atoms with E-state index in [1.807, 2.05) is 25.1 Å². The normalized spacial score (nSPS) is 10.6. The van der Waals surface area contributed by atoms with E-state index in [-0.39, 0.29) is 5.56 Å². The first-order valence-electron chi connectivity index (χ1n) is 7.33. The molecule has 0 saturated carbocycles. The molecule has 0 atom stereocenters. The molecule has 0 bridgehead atoms. The van der Waals surface area contributed by atoms with Crippen molar-refractivity contribution in [3.05, 3.63) is 65.2 Å². The Labute approximate surface area is 138 Å². The van der Waals surface area contributed by atoms with Gasteiger partial charge in [-0.25, -0.2) is 14.6 Å². The number of carboxylic acids is 1. The molecule has 0 amide bonds. The van der Waals surface area contributed by atoms with Gasteiger partial charge in [-0.1, -0.05) is 23.8 Å². The molecular formula is C19H15NO4. The van der Waals surface area contributed by atoms with Crippen LogP contribution >= 0.6 is 0 Å². The van der Waals surface area contributed by atoms with Crippen molar-refractivity contribution in [2.45, 2.75) is 6.92 Å². The molecular weight excluding hydrogens is 306 g/mol. The van der Waals surface area contributed by atoms with E-state index < -0.39 is 11.9 Å². The molecule has 3 rings (SSSR count). The fourth-order valence-electron chi connectivity index (χ4n) is 2.56. The van der Waals surface area contributed by atoms with Crippen molar-refractivity contribution in [1.82, 2.24) is 4.98 Å². The molecule has 1 aromatic heterocycles. The number of benzene rings is 2. The van der Waals surface area contributed by atoms with Crippen LogP contribution in [0, 0.1) is 6.92 Å². The molecule has 1 N–H and O–H groups in total. The summed E-state index contributed by atoms with van der Waals surface area (Å²) in [6.07, 6.45) is 0. The van der Waals surface area contributed by atoms with Gasteiger partial charge < -0.3 is 9.84 Å². The van der Waals surface area contributed by atoms with Crippen LogP contribution in [0.5, 0.6) is 0 Å². The largest absolute Gasteiger partial charge is 0.478 e. The van der Waals surface area contributed by atoms with E-state index in [0.717, 1.165) is 11.1 Å². The Morgan fingerprint density at radius 3 is 2.38 bits per heavy atom. The van der Waals surface area contributed by atoms with E-state index in [1.165, 1.54) is 7.11 Å². The van der Waals surface area contributed by atoms with Crippen LogP contribution in [0.4, 0.5) is 0 Å². The van der Waals surface area contributed by atoms with E-state index in [9.17, 15) is 14.7 Å². The summed E-state index contributed by atoms with van der Waals surface area (Å²) in [7, 11) is 1.32. The zero-order chi connectivity index (χ0) is 17.3. The first-order valence-corrected chi connectivity index (χ1v) is 7.33. The number of hydrogen-bond donors (Lipinski definition) is 1. The fraction of sp³-hybridized carbons (Fsp3) is 0.105. The Hall–Kier alpha value is -3.21. The molecule has 5 heteroatoms. The second-order valence-corrected chi connectivity index (χ2v) is 5.45. The predicted molar refractivity (Wildman–Crippen MR) is 90.2 cm³/mol. The Morgan fingerprint density at radius 1 is 1.04 bits per heavy atom. The molecule has 0 aliphatic carbocycles. The molecule has 120 valence electrons. The molecule has 0 aliphatic heterocycles. The first kappa shape index (κ1) is 15.7. The fourth-order valence-corrected chi connectivity index (χ4v) is 2.56. The summed E-state index contributed by atoms with van der Waals surface area (Å²) >= 11 is 0. The summed E-state index contributed by atoms with van der Waals surface area (Å²) in [5.41, 5.74) is 3.49. The first-order chi connectivity index (χ1) is 11.5. The van der Waals surface area contributed by atoms with Gasteiger partial charge in [0.2, 0.25) is 0 Å². The van der Waals surface area contributed by atoms with E-state index in [4.69, 9.17) is 0 Å². The molecule has 3 aromatic rings. The van der Waals surface area contributed by atoms with Crippen LogP contribution in [-0.2, 0) is 4.74 Å². The minimum Gasteiger partial charge on any atom is -0.478 e. The van der Waals surface area contributed by atoms with Gasteiger partial charge in [0.25, 0.3) is 0 Å². The molecule has 0 spiro atoms. The van der Waals surface area contributed by atoms with E-state index in [0.29, 0.717) is 22.2 Å². The summed E-state index contributed by atoms with van der Waals surface area (Å²) in [5.74, 6) is -1.42. The van der Waals surface area contributed by atoms with Gasteiger partial charge in [-0.15, -0.1) is 0 Å². The number of fused-ring (bicyclic) bond motifs is 1. The number of ether oxygens (including phenoxy) is 1. The second-order valence-electron chi connectivity index (χ2n) is 5.45. The van der Waals surface area contributed by atoms with Crippen LogP contribution in [0.3, 0.4) is 0 Å². The number of rotatable bonds is 3. The van der Waals surface area contributed by atoms with Crippen LogP contribution in [0.15, 0.2) is 48.5 Å². The Balaban J connectivity index is 2.14. The number of esters is 1. The summed E-state index contributed by atoms with van der Waals surface area (Å²) in [6, 6.07) is 13.8. The number of hydrogen-bond acceptors (Lipinski definition) is 4. The quantitative estimate of drug-likeness (QED) is 0.744. The van der Waals surface area contributed by atoms with Crippen LogP contribution in [0.1, 0.15) is 26.3 Å². The minimum atomic E-state index is -1.000. The van der Waals surface area contributed by atoms with Gasteiger partial charge in [0, 0.05) is 10.9 Å². The highest BCUT2D eigenvalue weighted by atomic mass is 16.5.